The van der Waals surface area contributed by atoms with Gasteiger partial charge in [0.1, 0.15) is 11.4 Å². The molecule has 0 spiro atoms. The summed E-state index contributed by atoms with van der Waals surface area (Å²) in [7, 11) is 2.06. The van der Waals surface area contributed by atoms with Gasteiger partial charge in [-0.2, -0.15) is 0 Å². The number of piperidine rings is 1. The summed E-state index contributed by atoms with van der Waals surface area (Å²) in [5.74, 6) is -2.27. The number of hydrogen-bond donors (Lipinski definition) is 1. The Morgan fingerprint density at radius 2 is 1.76 bits per heavy atom. The second-order valence-corrected chi connectivity index (χ2v) is 9.78. The zero-order valence-electron chi connectivity index (χ0n) is 19.3. The lowest BCUT2D eigenvalue weighted by atomic mass is 9.64. The van der Waals surface area contributed by atoms with Crippen LogP contribution in [0.4, 0.5) is 4.39 Å². The van der Waals surface area contributed by atoms with Crippen LogP contribution in [0.1, 0.15) is 37.8 Å². The molecule has 1 atom stereocenters. The summed E-state index contributed by atoms with van der Waals surface area (Å²) in [6, 6.07) is 13.0. The molecule has 2 aromatic rings. The van der Waals surface area contributed by atoms with E-state index in [4.69, 9.17) is 9.84 Å². The number of carbonyl (C=O) groups is 2. The van der Waals surface area contributed by atoms with Crippen LogP contribution in [0.15, 0.2) is 54.6 Å². The molecule has 4 rings (SSSR count). The molecule has 0 radical (unpaired) electrons. The first-order valence-corrected chi connectivity index (χ1v) is 11.4. The zero-order chi connectivity index (χ0) is 23.8. The quantitative estimate of drug-likeness (QED) is 0.523. The fraction of sp³-hybridized carbons (Fsp3) is 0.407. The Bertz CT molecular complexity index is 1090. The second kappa shape index (κ2) is 8.75. The summed E-state index contributed by atoms with van der Waals surface area (Å²) in [6.07, 6.45) is 3.75. The minimum absolute atomic E-state index is 0.0311. The average molecular weight is 452 g/mol. The zero-order valence-corrected chi connectivity index (χ0v) is 19.3. The molecule has 2 aliphatic rings. The van der Waals surface area contributed by atoms with E-state index in [-0.39, 0.29) is 11.7 Å². The molecule has 0 bridgehead atoms. The number of hydrogen-bond acceptors (Lipinski definition) is 4. The first kappa shape index (κ1) is 23.2. The largest absolute Gasteiger partial charge is 0.478 e. The molecular weight excluding hydrogens is 421 g/mol. The third-order valence-electron chi connectivity index (χ3n) is 7.25. The van der Waals surface area contributed by atoms with Crippen LogP contribution in [0.25, 0.3) is 11.1 Å². The highest BCUT2D eigenvalue weighted by Crippen LogP contribution is 2.61. The molecule has 5 nitrogen and oxygen atoms in total. The van der Waals surface area contributed by atoms with Crippen molar-refractivity contribution in [1.29, 1.82) is 0 Å². The highest BCUT2D eigenvalue weighted by atomic mass is 19.1. The standard InChI is InChI=1S/C27H30FNO4/c1-26(2)17-21-22(28)10-9-20(18-7-5-4-6-8-18)25(21)27(26,19-13-15-29(3)16-14-19)33-24(32)12-11-23(30)31/h4-12,19H,13-17H2,1-3H3,(H,30,31). The number of carbonyl (C=O) groups excluding carboxylic acids is 1. The minimum Gasteiger partial charge on any atom is -0.478 e. The number of esters is 1. The van der Waals surface area contributed by atoms with Crippen molar-refractivity contribution in [1.82, 2.24) is 4.90 Å². The van der Waals surface area contributed by atoms with Gasteiger partial charge in [-0.25, -0.2) is 14.0 Å². The Morgan fingerprint density at radius 3 is 2.39 bits per heavy atom. The fourth-order valence-corrected chi connectivity index (χ4v) is 5.77. The topological polar surface area (TPSA) is 66.8 Å². The lowest BCUT2D eigenvalue weighted by molar-refractivity contribution is -0.186. The van der Waals surface area contributed by atoms with E-state index in [1.807, 2.05) is 44.2 Å². The van der Waals surface area contributed by atoms with Crippen molar-refractivity contribution in [3.8, 4) is 11.1 Å². The average Bonchev–Trinajstić information content (AvgIpc) is 3.02. The van der Waals surface area contributed by atoms with Gasteiger partial charge in [-0.15, -0.1) is 0 Å². The van der Waals surface area contributed by atoms with E-state index in [0.29, 0.717) is 12.0 Å². The molecule has 0 aromatic heterocycles. The van der Waals surface area contributed by atoms with Gasteiger partial charge in [0.05, 0.1) is 0 Å². The Labute approximate surface area is 193 Å². The van der Waals surface area contributed by atoms with Crippen molar-refractivity contribution in [2.45, 2.75) is 38.7 Å². The maximum absolute atomic E-state index is 15.3. The number of fused-ring (bicyclic) bond motifs is 1. The lowest BCUT2D eigenvalue weighted by Gasteiger charge is -2.49. The molecule has 1 aliphatic heterocycles. The van der Waals surface area contributed by atoms with Crippen LogP contribution in [0.5, 0.6) is 0 Å². The van der Waals surface area contributed by atoms with Crippen molar-refractivity contribution in [2.24, 2.45) is 11.3 Å². The van der Waals surface area contributed by atoms with Gasteiger partial charge in [0.2, 0.25) is 0 Å². The SMILES string of the molecule is CN1CCC(C2(OC(=O)C=CC(=O)O)c3c(-c4ccccc4)ccc(F)c3CC2(C)C)CC1. The van der Waals surface area contributed by atoms with Crippen LogP contribution in [-0.2, 0) is 26.3 Å². The Morgan fingerprint density at radius 1 is 1.09 bits per heavy atom. The number of benzene rings is 2. The summed E-state index contributed by atoms with van der Waals surface area (Å²) >= 11 is 0. The molecular formula is C27H30FNO4. The number of ether oxygens (including phenoxy) is 1. The maximum Gasteiger partial charge on any atom is 0.331 e. The molecule has 33 heavy (non-hydrogen) atoms. The summed E-state index contributed by atoms with van der Waals surface area (Å²) in [6.45, 7) is 5.73. The first-order valence-electron chi connectivity index (χ1n) is 11.4. The van der Waals surface area contributed by atoms with E-state index in [2.05, 4.69) is 11.9 Å². The molecule has 0 amide bonds. The van der Waals surface area contributed by atoms with E-state index in [1.165, 1.54) is 6.07 Å². The summed E-state index contributed by atoms with van der Waals surface area (Å²) in [5.41, 5.74) is 1.42. The summed E-state index contributed by atoms with van der Waals surface area (Å²) in [4.78, 5) is 26.2. The number of carboxylic acids is 1. The van der Waals surface area contributed by atoms with Crippen LogP contribution in [0.3, 0.4) is 0 Å². The Kier molecular flexibility index (Phi) is 6.14. The summed E-state index contributed by atoms with van der Waals surface area (Å²) < 4.78 is 21.6. The predicted octanol–water partition coefficient (Wildman–Crippen LogP) is 4.80. The molecule has 174 valence electrons. The molecule has 2 aromatic carbocycles. The number of nitrogens with zero attached hydrogens (tertiary/aromatic N) is 1. The number of carboxylic acid groups (broad SMARTS) is 1. The van der Waals surface area contributed by atoms with Crippen LogP contribution in [-0.4, -0.2) is 42.1 Å². The minimum atomic E-state index is -1.22. The molecule has 6 heteroatoms. The van der Waals surface area contributed by atoms with Gasteiger partial charge in [0.15, 0.2) is 0 Å². The van der Waals surface area contributed by atoms with E-state index >= 15 is 4.39 Å². The van der Waals surface area contributed by atoms with Gasteiger partial charge in [-0.3, -0.25) is 0 Å². The number of halogens is 1. The van der Waals surface area contributed by atoms with Gasteiger partial charge >= 0.3 is 11.9 Å². The van der Waals surface area contributed by atoms with Crippen molar-refractivity contribution in [2.75, 3.05) is 20.1 Å². The number of likely N-dealkylation sites (tertiary alicyclic amines) is 1. The van der Waals surface area contributed by atoms with Gasteiger partial charge in [-0.1, -0.05) is 50.2 Å². The van der Waals surface area contributed by atoms with Gasteiger partial charge in [-0.05, 0) is 62.2 Å². The number of aliphatic carboxylic acids is 1. The van der Waals surface area contributed by atoms with Gasteiger partial charge in [0, 0.05) is 29.0 Å². The third-order valence-corrected chi connectivity index (χ3v) is 7.25. The van der Waals surface area contributed by atoms with Crippen molar-refractivity contribution < 1.29 is 23.8 Å². The van der Waals surface area contributed by atoms with Crippen molar-refractivity contribution in [3.63, 3.8) is 0 Å². The molecule has 1 unspecified atom stereocenters. The molecule has 1 N–H and O–H groups in total. The highest BCUT2D eigenvalue weighted by Gasteiger charge is 2.61. The normalized spacial score (nSPS) is 22.9. The van der Waals surface area contributed by atoms with E-state index in [1.54, 1.807) is 6.07 Å². The Hall–Kier alpha value is -2.99. The van der Waals surface area contributed by atoms with E-state index < -0.39 is 23.0 Å². The fourth-order valence-electron chi connectivity index (χ4n) is 5.77. The van der Waals surface area contributed by atoms with Gasteiger partial charge < -0.3 is 14.7 Å². The molecule has 1 saturated heterocycles. The first-order chi connectivity index (χ1) is 15.7. The van der Waals surface area contributed by atoms with Crippen LogP contribution in [0.2, 0.25) is 0 Å². The third kappa shape index (κ3) is 4.08. The van der Waals surface area contributed by atoms with Crippen LogP contribution < -0.4 is 0 Å². The predicted molar refractivity (Wildman–Crippen MR) is 124 cm³/mol. The smallest absolute Gasteiger partial charge is 0.331 e. The summed E-state index contributed by atoms with van der Waals surface area (Å²) in [5, 5.41) is 9.01. The number of rotatable bonds is 5. The van der Waals surface area contributed by atoms with Crippen molar-refractivity contribution in [3.05, 3.63) is 71.6 Å². The van der Waals surface area contributed by atoms with Gasteiger partial charge in [0.25, 0.3) is 0 Å². The van der Waals surface area contributed by atoms with Crippen molar-refractivity contribution >= 4 is 11.9 Å². The lowest BCUT2D eigenvalue weighted by Crippen LogP contribution is -2.52. The highest BCUT2D eigenvalue weighted by molar-refractivity contribution is 5.91. The molecule has 1 fully saturated rings. The molecule has 1 heterocycles. The Balaban J connectivity index is 1.95. The van der Waals surface area contributed by atoms with Crippen LogP contribution in [0, 0.1) is 17.2 Å². The second-order valence-electron chi connectivity index (χ2n) is 9.78. The van der Waals surface area contributed by atoms with Crippen LogP contribution >= 0.6 is 0 Å². The maximum atomic E-state index is 15.3. The molecule has 0 saturated carbocycles. The van der Waals surface area contributed by atoms with E-state index in [0.717, 1.165) is 54.8 Å². The monoisotopic (exact) mass is 451 g/mol. The van der Waals surface area contributed by atoms with E-state index in [9.17, 15) is 9.59 Å². The molecule has 1 aliphatic carbocycles.